The van der Waals surface area contributed by atoms with Crippen LogP contribution in [0.25, 0.3) is 11.2 Å². The highest BCUT2D eigenvalue weighted by molar-refractivity contribution is 6.76. The summed E-state index contributed by atoms with van der Waals surface area (Å²) in [6.07, 6.45) is 3.92. The number of carbonyl (C=O) groups excluding carboxylic acids is 1. The number of hydrogen-bond donors (Lipinski definition) is 0. The van der Waals surface area contributed by atoms with E-state index < -0.39 is 8.07 Å². The summed E-state index contributed by atoms with van der Waals surface area (Å²) in [5, 5.41) is 0.276. The van der Waals surface area contributed by atoms with Crippen molar-refractivity contribution in [3.63, 3.8) is 0 Å². The van der Waals surface area contributed by atoms with Crippen LogP contribution < -0.4 is 0 Å². The summed E-state index contributed by atoms with van der Waals surface area (Å²) < 4.78 is 7.46. The molecular weight excluding hydrogens is 294 g/mol. The maximum absolute atomic E-state index is 11.0. The molecule has 0 unspecified atom stereocenters. The number of nitrogens with zero attached hydrogens (tertiary/aromatic N) is 3. The Morgan fingerprint density at radius 2 is 2.20 bits per heavy atom. The van der Waals surface area contributed by atoms with E-state index in [1.165, 1.54) is 6.20 Å². The minimum Gasteiger partial charge on any atom is -0.361 e. The molecule has 0 radical (unpaired) electrons. The van der Waals surface area contributed by atoms with Crippen LogP contribution in [0.15, 0.2) is 12.4 Å². The van der Waals surface area contributed by atoms with Crippen molar-refractivity contribution in [1.82, 2.24) is 14.5 Å². The van der Waals surface area contributed by atoms with Crippen molar-refractivity contribution >= 4 is 37.1 Å². The Labute approximate surface area is 123 Å². The molecule has 0 aliphatic heterocycles. The zero-order valence-electron chi connectivity index (χ0n) is 11.9. The van der Waals surface area contributed by atoms with Gasteiger partial charge < -0.3 is 9.30 Å². The van der Waals surface area contributed by atoms with Gasteiger partial charge in [0.2, 0.25) is 0 Å². The molecule has 0 amide bonds. The first-order valence-corrected chi connectivity index (χ1v) is 10.5. The lowest BCUT2D eigenvalue weighted by Gasteiger charge is -2.15. The molecular formula is C13H18ClN3O2Si. The van der Waals surface area contributed by atoms with Crippen molar-refractivity contribution in [1.29, 1.82) is 0 Å². The summed E-state index contributed by atoms with van der Waals surface area (Å²) in [4.78, 5) is 19.4. The zero-order chi connectivity index (χ0) is 14.8. The van der Waals surface area contributed by atoms with Gasteiger partial charge >= 0.3 is 0 Å². The second-order valence-electron chi connectivity index (χ2n) is 5.89. The van der Waals surface area contributed by atoms with Gasteiger partial charge in [-0.3, -0.25) is 4.79 Å². The van der Waals surface area contributed by atoms with E-state index >= 15 is 0 Å². The number of rotatable bonds is 6. The number of aromatic nitrogens is 3. The molecule has 0 fully saturated rings. The zero-order valence-corrected chi connectivity index (χ0v) is 13.6. The Hall–Kier alpha value is -1.24. The van der Waals surface area contributed by atoms with Gasteiger partial charge in [0.25, 0.3) is 0 Å². The summed E-state index contributed by atoms with van der Waals surface area (Å²) in [7, 11) is -1.09. The highest BCUT2D eigenvalue weighted by Gasteiger charge is 2.14. The predicted octanol–water partition coefficient (Wildman–Crippen LogP) is 3.21. The lowest BCUT2D eigenvalue weighted by molar-refractivity contribution is 0.0897. The first kappa shape index (κ1) is 15.2. The molecule has 0 aromatic carbocycles. The summed E-state index contributed by atoms with van der Waals surface area (Å²) in [5.74, 6) is 0. The minimum absolute atomic E-state index is 0.276. The standard InChI is InChI=1S/C13H18ClN3O2Si/c1-20(2,3)5-4-19-9-17-7-10(8-18)12-13(17)15-6-11(14)16-12/h6-8H,4-5,9H2,1-3H3. The molecule has 0 bridgehead atoms. The monoisotopic (exact) mass is 311 g/mol. The van der Waals surface area contributed by atoms with Gasteiger partial charge in [0, 0.05) is 20.9 Å². The number of fused-ring (bicyclic) bond motifs is 1. The molecule has 20 heavy (non-hydrogen) atoms. The van der Waals surface area contributed by atoms with E-state index in [-0.39, 0.29) is 5.15 Å². The number of carbonyl (C=O) groups is 1. The van der Waals surface area contributed by atoms with Gasteiger partial charge in [-0.2, -0.15) is 0 Å². The average Bonchev–Trinajstić information content (AvgIpc) is 2.71. The maximum atomic E-state index is 11.0. The molecule has 0 atom stereocenters. The highest BCUT2D eigenvalue weighted by atomic mass is 35.5. The van der Waals surface area contributed by atoms with Crippen LogP contribution in [-0.4, -0.2) is 35.5 Å². The van der Waals surface area contributed by atoms with Crippen molar-refractivity contribution < 1.29 is 9.53 Å². The van der Waals surface area contributed by atoms with Gasteiger partial charge in [-0.05, 0) is 6.04 Å². The van der Waals surface area contributed by atoms with Gasteiger partial charge in [0.1, 0.15) is 17.4 Å². The van der Waals surface area contributed by atoms with E-state index in [9.17, 15) is 4.79 Å². The molecule has 108 valence electrons. The van der Waals surface area contributed by atoms with Crippen LogP contribution in [0, 0.1) is 0 Å². The van der Waals surface area contributed by atoms with E-state index in [1.54, 1.807) is 10.8 Å². The molecule has 2 rings (SSSR count). The van der Waals surface area contributed by atoms with Crippen LogP contribution in [0.5, 0.6) is 0 Å². The Kier molecular flexibility index (Phi) is 4.57. The molecule has 2 aromatic rings. The maximum Gasteiger partial charge on any atom is 0.161 e. The average molecular weight is 312 g/mol. The fourth-order valence-electron chi connectivity index (χ4n) is 1.78. The van der Waals surface area contributed by atoms with Gasteiger partial charge in [0.05, 0.1) is 11.8 Å². The molecule has 0 aliphatic rings. The molecule has 0 N–H and O–H groups in total. The number of ether oxygens (including phenoxy) is 1. The summed E-state index contributed by atoms with van der Waals surface area (Å²) in [6.45, 7) is 8.00. The number of aldehydes is 1. The van der Waals surface area contributed by atoms with Gasteiger partial charge in [-0.1, -0.05) is 31.2 Å². The fourth-order valence-corrected chi connectivity index (χ4v) is 2.67. The molecule has 2 heterocycles. The van der Waals surface area contributed by atoms with Crippen LogP contribution in [0.3, 0.4) is 0 Å². The third kappa shape index (κ3) is 3.65. The third-order valence-electron chi connectivity index (χ3n) is 2.92. The van der Waals surface area contributed by atoms with Crippen molar-refractivity contribution in [3.8, 4) is 0 Å². The van der Waals surface area contributed by atoms with E-state index in [4.69, 9.17) is 16.3 Å². The van der Waals surface area contributed by atoms with Crippen LogP contribution in [-0.2, 0) is 11.5 Å². The molecule has 0 spiro atoms. The Morgan fingerprint density at radius 1 is 1.45 bits per heavy atom. The first-order chi connectivity index (χ1) is 9.40. The molecule has 7 heteroatoms. The van der Waals surface area contributed by atoms with E-state index in [0.717, 1.165) is 12.3 Å². The third-order valence-corrected chi connectivity index (χ3v) is 4.80. The van der Waals surface area contributed by atoms with E-state index in [2.05, 4.69) is 29.6 Å². The van der Waals surface area contributed by atoms with Crippen LogP contribution in [0.2, 0.25) is 30.8 Å². The first-order valence-electron chi connectivity index (χ1n) is 6.45. The smallest absolute Gasteiger partial charge is 0.161 e. The van der Waals surface area contributed by atoms with Crippen molar-refractivity contribution in [2.45, 2.75) is 32.4 Å². The van der Waals surface area contributed by atoms with Crippen LogP contribution >= 0.6 is 11.6 Å². The second kappa shape index (κ2) is 6.03. The van der Waals surface area contributed by atoms with Crippen LogP contribution in [0.1, 0.15) is 10.4 Å². The predicted molar refractivity (Wildman–Crippen MR) is 82.0 cm³/mol. The van der Waals surface area contributed by atoms with E-state index in [0.29, 0.717) is 30.1 Å². The van der Waals surface area contributed by atoms with Gasteiger partial charge in [-0.15, -0.1) is 0 Å². The topological polar surface area (TPSA) is 57.0 Å². The summed E-state index contributed by atoms with van der Waals surface area (Å²) in [5.41, 5.74) is 1.61. The molecule has 0 aliphatic carbocycles. The molecule has 0 saturated carbocycles. The lowest BCUT2D eigenvalue weighted by atomic mass is 10.3. The van der Waals surface area contributed by atoms with Crippen LogP contribution in [0.4, 0.5) is 0 Å². The van der Waals surface area contributed by atoms with Gasteiger partial charge in [-0.25, -0.2) is 9.97 Å². The molecule has 5 nitrogen and oxygen atoms in total. The number of hydrogen-bond acceptors (Lipinski definition) is 4. The number of halogens is 1. The largest absolute Gasteiger partial charge is 0.361 e. The van der Waals surface area contributed by atoms with E-state index in [1.807, 2.05) is 0 Å². The van der Waals surface area contributed by atoms with Crippen molar-refractivity contribution in [2.75, 3.05) is 6.61 Å². The molecule has 2 aromatic heterocycles. The van der Waals surface area contributed by atoms with Crippen molar-refractivity contribution in [3.05, 3.63) is 23.1 Å². The SMILES string of the molecule is C[Si](C)(C)CCOCn1cc(C=O)c2nc(Cl)cnc21. The Bertz CT molecular complexity index is 622. The Balaban J connectivity index is 2.12. The second-order valence-corrected chi connectivity index (χ2v) is 11.9. The van der Waals surface area contributed by atoms with Gasteiger partial charge in [0.15, 0.2) is 11.9 Å². The highest BCUT2D eigenvalue weighted by Crippen LogP contribution is 2.18. The summed E-state index contributed by atoms with van der Waals surface area (Å²) >= 11 is 5.81. The Morgan fingerprint density at radius 3 is 2.85 bits per heavy atom. The fraction of sp³-hybridized carbons (Fsp3) is 0.462. The minimum atomic E-state index is -1.09. The quantitative estimate of drug-likeness (QED) is 0.467. The molecule has 0 saturated heterocycles. The lowest BCUT2D eigenvalue weighted by Crippen LogP contribution is -2.22. The van der Waals surface area contributed by atoms with Crippen molar-refractivity contribution in [2.24, 2.45) is 0 Å². The summed E-state index contributed by atoms with van der Waals surface area (Å²) in [6, 6.07) is 1.10. The normalized spacial score (nSPS) is 12.0.